The maximum atomic E-state index is 14.1. The SMILES string of the molecule is CCCCNC(=O)[C@@H](C)N(Cc1ccc(F)cc1)C(=O)CN(c1ccc(OCC)cc1)S(=O)(=O)c1ccc(OC)c(OC)c1. The lowest BCUT2D eigenvalue weighted by Gasteiger charge is -2.32. The molecule has 1 atom stereocenters. The molecule has 0 saturated heterocycles. The third kappa shape index (κ3) is 8.62. The molecule has 0 spiro atoms. The second kappa shape index (κ2) is 15.9. The van der Waals surface area contributed by atoms with Crippen LogP contribution in [-0.4, -0.2) is 65.1 Å². The van der Waals surface area contributed by atoms with Crippen LogP contribution in [0.25, 0.3) is 0 Å². The molecule has 0 aliphatic carbocycles. The van der Waals surface area contributed by atoms with E-state index in [2.05, 4.69) is 5.32 Å². The van der Waals surface area contributed by atoms with Crippen molar-refractivity contribution in [2.75, 3.05) is 38.2 Å². The van der Waals surface area contributed by atoms with E-state index in [0.717, 1.165) is 17.1 Å². The standard InChI is InChI=1S/C32H40FN3O7S/c1-6-8-19-34-32(38)23(3)35(21-24-9-11-25(33)12-10-24)31(37)22-36(26-13-15-27(16-14-26)43-7-2)44(39,40)28-17-18-29(41-4)30(20-28)42-5/h9-18,20,23H,6-8,19,21-22H2,1-5H3,(H,34,38)/t23-/m1/s1. The van der Waals surface area contributed by atoms with Crippen LogP contribution in [0.4, 0.5) is 10.1 Å². The fourth-order valence-electron chi connectivity index (χ4n) is 4.41. The highest BCUT2D eigenvalue weighted by atomic mass is 32.2. The number of rotatable bonds is 16. The number of amides is 2. The Kier molecular flexibility index (Phi) is 12.4. The van der Waals surface area contributed by atoms with E-state index in [9.17, 15) is 22.4 Å². The van der Waals surface area contributed by atoms with Gasteiger partial charge < -0.3 is 24.4 Å². The highest BCUT2D eigenvalue weighted by Crippen LogP contribution is 2.33. The summed E-state index contributed by atoms with van der Waals surface area (Å²) in [5.74, 6) is -0.402. The fraction of sp³-hybridized carbons (Fsp3) is 0.375. The van der Waals surface area contributed by atoms with Crippen molar-refractivity contribution >= 4 is 27.5 Å². The van der Waals surface area contributed by atoms with Gasteiger partial charge in [0.2, 0.25) is 11.8 Å². The molecule has 1 N–H and O–H groups in total. The van der Waals surface area contributed by atoms with Crippen LogP contribution in [0.5, 0.6) is 17.2 Å². The van der Waals surface area contributed by atoms with Gasteiger partial charge in [0.1, 0.15) is 24.2 Å². The zero-order valence-electron chi connectivity index (χ0n) is 25.7. The van der Waals surface area contributed by atoms with Crippen LogP contribution in [0.3, 0.4) is 0 Å². The molecule has 0 fully saturated rings. The molecule has 3 aromatic rings. The molecular weight excluding hydrogens is 589 g/mol. The van der Waals surface area contributed by atoms with Gasteiger partial charge in [-0.2, -0.15) is 0 Å². The van der Waals surface area contributed by atoms with E-state index in [1.165, 1.54) is 61.6 Å². The molecule has 10 nitrogen and oxygen atoms in total. The van der Waals surface area contributed by atoms with Crippen LogP contribution in [0.2, 0.25) is 0 Å². The molecule has 0 radical (unpaired) electrons. The minimum absolute atomic E-state index is 0.0466. The number of carbonyl (C=O) groups excluding carboxylic acids is 2. The Morgan fingerprint density at radius 1 is 0.932 bits per heavy atom. The van der Waals surface area contributed by atoms with Crippen molar-refractivity contribution in [3.8, 4) is 17.2 Å². The number of methoxy groups -OCH3 is 2. The summed E-state index contributed by atoms with van der Waals surface area (Å²) in [7, 11) is -1.52. The lowest BCUT2D eigenvalue weighted by Crippen LogP contribution is -2.51. The zero-order valence-corrected chi connectivity index (χ0v) is 26.5. The summed E-state index contributed by atoms with van der Waals surface area (Å²) in [6.07, 6.45) is 1.64. The van der Waals surface area contributed by atoms with Crippen LogP contribution in [0.15, 0.2) is 71.6 Å². The minimum atomic E-state index is -4.35. The molecule has 44 heavy (non-hydrogen) atoms. The maximum Gasteiger partial charge on any atom is 0.264 e. The van der Waals surface area contributed by atoms with Crippen molar-refractivity contribution in [3.05, 3.63) is 78.1 Å². The molecule has 0 aromatic heterocycles. The number of benzene rings is 3. The Morgan fingerprint density at radius 3 is 2.18 bits per heavy atom. The maximum absolute atomic E-state index is 14.1. The normalized spacial score (nSPS) is 11.8. The van der Waals surface area contributed by atoms with Gasteiger partial charge in [-0.1, -0.05) is 25.5 Å². The Bertz CT molecular complexity index is 1500. The molecule has 238 valence electrons. The Labute approximate surface area is 258 Å². The molecule has 0 aliphatic heterocycles. The van der Waals surface area contributed by atoms with Crippen LogP contribution < -0.4 is 23.8 Å². The van der Waals surface area contributed by atoms with E-state index < -0.39 is 34.3 Å². The van der Waals surface area contributed by atoms with E-state index in [1.54, 1.807) is 31.2 Å². The first-order valence-corrected chi connectivity index (χ1v) is 15.8. The number of anilines is 1. The van der Waals surface area contributed by atoms with Gasteiger partial charge in [0, 0.05) is 19.2 Å². The molecule has 0 unspecified atom stereocenters. The van der Waals surface area contributed by atoms with Crippen LogP contribution >= 0.6 is 0 Å². The summed E-state index contributed by atoms with van der Waals surface area (Å²) in [5.41, 5.74) is 0.779. The van der Waals surface area contributed by atoms with Crippen molar-refractivity contribution in [2.45, 2.75) is 51.1 Å². The van der Waals surface area contributed by atoms with Gasteiger partial charge in [-0.15, -0.1) is 0 Å². The zero-order chi connectivity index (χ0) is 32.3. The van der Waals surface area contributed by atoms with Crippen LogP contribution in [0.1, 0.15) is 39.2 Å². The van der Waals surface area contributed by atoms with Crippen molar-refractivity contribution in [1.82, 2.24) is 10.2 Å². The largest absolute Gasteiger partial charge is 0.494 e. The predicted octanol–water partition coefficient (Wildman–Crippen LogP) is 4.77. The molecule has 0 saturated carbocycles. The molecule has 2 amide bonds. The molecule has 3 aromatic carbocycles. The lowest BCUT2D eigenvalue weighted by molar-refractivity contribution is -0.139. The summed E-state index contributed by atoms with van der Waals surface area (Å²) in [4.78, 5) is 28.3. The van der Waals surface area contributed by atoms with Gasteiger partial charge in [-0.25, -0.2) is 12.8 Å². The second-order valence-corrected chi connectivity index (χ2v) is 11.8. The average molecular weight is 630 g/mol. The van der Waals surface area contributed by atoms with Gasteiger partial charge in [-0.3, -0.25) is 13.9 Å². The van der Waals surface area contributed by atoms with E-state index in [-0.39, 0.29) is 28.8 Å². The van der Waals surface area contributed by atoms with E-state index in [4.69, 9.17) is 14.2 Å². The quantitative estimate of drug-likeness (QED) is 0.227. The highest BCUT2D eigenvalue weighted by molar-refractivity contribution is 7.92. The smallest absolute Gasteiger partial charge is 0.264 e. The number of halogens is 1. The fourth-order valence-corrected chi connectivity index (χ4v) is 5.84. The van der Waals surface area contributed by atoms with Gasteiger partial charge >= 0.3 is 0 Å². The van der Waals surface area contributed by atoms with Crippen LogP contribution in [-0.2, 0) is 26.2 Å². The molecule has 0 heterocycles. The summed E-state index contributed by atoms with van der Waals surface area (Å²) in [6.45, 7) is 5.58. The second-order valence-electron chi connectivity index (χ2n) is 9.92. The van der Waals surface area contributed by atoms with E-state index >= 15 is 0 Å². The molecule has 12 heteroatoms. The number of ether oxygens (including phenoxy) is 3. The number of nitrogens with one attached hydrogen (secondary N) is 1. The summed E-state index contributed by atoms with van der Waals surface area (Å²) in [6, 6.07) is 15.1. The summed E-state index contributed by atoms with van der Waals surface area (Å²) >= 11 is 0. The Balaban J connectivity index is 2.05. The number of unbranched alkanes of at least 4 members (excludes halogenated alkanes) is 1. The summed E-state index contributed by atoms with van der Waals surface area (Å²) < 4.78 is 59.0. The number of hydrogen-bond acceptors (Lipinski definition) is 7. The van der Waals surface area contributed by atoms with E-state index in [1.807, 2.05) is 13.8 Å². The lowest BCUT2D eigenvalue weighted by atomic mass is 10.1. The predicted molar refractivity (Wildman–Crippen MR) is 166 cm³/mol. The minimum Gasteiger partial charge on any atom is -0.494 e. The first-order valence-electron chi connectivity index (χ1n) is 14.3. The first kappa shape index (κ1) is 34.2. The molecule has 0 bridgehead atoms. The summed E-state index contributed by atoms with van der Waals surface area (Å²) in [5, 5.41) is 2.83. The van der Waals surface area contributed by atoms with Crippen molar-refractivity contribution < 1.29 is 36.6 Å². The number of sulfonamides is 1. The van der Waals surface area contributed by atoms with Gasteiger partial charge in [0.05, 0.1) is 31.4 Å². The van der Waals surface area contributed by atoms with Crippen molar-refractivity contribution in [3.63, 3.8) is 0 Å². The molecular formula is C32H40FN3O7S. The third-order valence-corrected chi connectivity index (χ3v) is 8.69. The Morgan fingerprint density at radius 2 is 1.59 bits per heavy atom. The monoisotopic (exact) mass is 629 g/mol. The van der Waals surface area contributed by atoms with Gasteiger partial charge in [0.15, 0.2) is 11.5 Å². The first-order chi connectivity index (χ1) is 21.0. The van der Waals surface area contributed by atoms with E-state index in [0.29, 0.717) is 30.2 Å². The van der Waals surface area contributed by atoms with Crippen molar-refractivity contribution in [1.29, 1.82) is 0 Å². The van der Waals surface area contributed by atoms with Crippen molar-refractivity contribution in [2.24, 2.45) is 0 Å². The molecule has 3 rings (SSSR count). The third-order valence-electron chi connectivity index (χ3n) is 6.92. The number of carbonyl (C=O) groups is 2. The van der Waals surface area contributed by atoms with Crippen LogP contribution in [0, 0.1) is 5.82 Å². The topological polar surface area (TPSA) is 114 Å². The number of hydrogen-bond donors (Lipinski definition) is 1. The van der Waals surface area contributed by atoms with Gasteiger partial charge in [-0.05, 0) is 74.4 Å². The Hall–Kier alpha value is -4.32. The average Bonchev–Trinajstić information content (AvgIpc) is 3.03. The highest BCUT2D eigenvalue weighted by Gasteiger charge is 2.33. The number of nitrogens with zero attached hydrogens (tertiary/aromatic N) is 2. The molecule has 0 aliphatic rings. The van der Waals surface area contributed by atoms with Gasteiger partial charge in [0.25, 0.3) is 10.0 Å².